The minimum absolute atomic E-state index is 0.200. The second-order valence-electron chi connectivity index (χ2n) is 5.19. The first kappa shape index (κ1) is 12.6. The molecular weight excluding hydrogens is 250 g/mol. The Morgan fingerprint density at radius 3 is 2.79 bits per heavy atom. The third-order valence-corrected chi connectivity index (χ3v) is 3.76. The maximum atomic E-state index is 11.8. The zero-order valence-corrected chi connectivity index (χ0v) is 10.4. The van der Waals surface area contributed by atoms with E-state index in [2.05, 4.69) is 4.98 Å². The molecule has 1 saturated carbocycles. The molecule has 1 aromatic heterocycles. The molecule has 1 unspecified atom stereocenters. The summed E-state index contributed by atoms with van der Waals surface area (Å²) in [6.07, 6.45) is 2.10. The van der Waals surface area contributed by atoms with E-state index in [0.717, 1.165) is 12.8 Å². The maximum Gasteiger partial charge on any atom is 0.330 e. The largest absolute Gasteiger partial charge is 0.390 e. The molecule has 19 heavy (non-hydrogen) atoms. The Morgan fingerprint density at radius 2 is 2.21 bits per heavy atom. The van der Waals surface area contributed by atoms with Crippen LogP contribution in [0.1, 0.15) is 37.0 Å². The molecule has 7 nitrogen and oxygen atoms in total. The Balaban J connectivity index is 1.95. The minimum Gasteiger partial charge on any atom is -0.390 e. The Morgan fingerprint density at radius 1 is 1.47 bits per heavy atom. The molecule has 2 heterocycles. The van der Waals surface area contributed by atoms with Crippen LogP contribution < -0.4 is 17.0 Å². The number of aromatic amines is 1. The van der Waals surface area contributed by atoms with Gasteiger partial charge in [0.15, 0.2) is 0 Å². The van der Waals surface area contributed by atoms with Gasteiger partial charge in [0, 0.05) is 24.7 Å². The number of rotatable bonds is 3. The Labute approximate surface area is 109 Å². The number of aliphatic hydroxyl groups is 1. The summed E-state index contributed by atoms with van der Waals surface area (Å²) in [7, 11) is 0. The fourth-order valence-corrected chi connectivity index (χ4v) is 2.50. The van der Waals surface area contributed by atoms with Gasteiger partial charge in [-0.1, -0.05) is 0 Å². The van der Waals surface area contributed by atoms with Gasteiger partial charge in [0.2, 0.25) is 0 Å². The standard InChI is InChI=1S/C12H17N3O4/c13-4-9-8(16)3-10(19-9)15-5-7(6-1-2-6)11(17)14-12(15)18/h5-6,8-10,16H,1-4,13H2,(H,14,17,18)/t8?,9-,10-/m0/s1. The lowest BCUT2D eigenvalue weighted by atomic mass is 10.2. The van der Waals surface area contributed by atoms with Crippen molar-refractivity contribution in [2.24, 2.45) is 5.73 Å². The first-order valence-corrected chi connectivity index (χ1v) is 6.49. The van der Waals surface area contributed by atoms with Crippen molar-refractivity contribution in [3.63, 3.8) is 0 Å². The maximum absolute atomic E-state index is 11.8. The van der Waals surface area contributed by atoms with Gasteiger partial charge in [-0.2, -0.15) is 0 Å². The molecule has 3 atom stereocenters. The first-order valence-electron chi connectivity index (χ1n) is 6.49. The molecular formula is C12H17N3O4. The number of hydrogen-bond donors (Lipinski definition) is 3. The number of nitrogens with two attached hydrogens (primary N) is 1. The lowest BCUT2D eigenvalue weighted by Gasteiger charge is -2.15. The fourth-order valence-electron chi connectivity index (χ4n) is 2.50. The molecule has 0 bridgehead atoms. The van der Waals surface area contributed by atoms with E-state index in [1.165, 1.54) is 4.57 Å². The van der Waals surface area contributed by atoms with Crippen molar-refractivity contribution in [1.82, 2.24) is 9.55 Å². The summed E-state index contributed by atoms with van der Waals surface area (Å²) in [5.74, 6) is 0.243. The summed E-state index contributed by atoms with van der Waals surface area (Å²) in [6, 6.07) is 0. The van der Waals surface area contributed by atoms with Crippen LogP contribution in [0.3, 0.4) is 0 Å². The van der Waals surface area contributed by atoms with Crippen LogP contribution in [-0.4, -0.2) is 33.4 Å². The summed E-state index contributed by atoms with van der Waals surface area (Å²) in [5, 5.41) is 9.76. The third-order valence-electron chi connectivity index (χ3n) is 3.76. The highest BCUT2D eigenvalue weighted by molar-refractivity contribution is 5.17. The Kier molecular flexibility index (Phi) is 3.04. The molecule has 104 valence electrons. The Bertz CT molecular complexity index is 589. The zero-order valence-electron chi connectivity index (χ0n) is 10.4. The number of nitrogens with zero attached hydrogens (tertiary/aromatic N) is 1. The van der Waals surface area contributed by atoms with Crippen LogP contribution in [0.15, 0.2) is 15.8 Å². The summed E-state index contributed by atoms with van der Waals surface area (Å²) in [6.45, 7) is 0.200. The van der Waals surface area contributed by atoms with Gasteiger partial charge in [-0.15, -0.1) is 0 Å². The number of ether oxygens (including phenoxy) is 1. The van der Waals surface area contributed by atoms with Crippen molar-refractivity contribution >= 4 is 0 Å². The van der Waals surface area contributed by atoms with Crippen LogP contribution in [0.5, 0.6) is 0 Å². The molecule has 0 aromatic carbocycles. The lowest BCUT2D eigenvalue weighted by Crippen LogP contribution is -2.34. The summed E-state index contributed by atoms with van der Waals surface area (Å²) >= 11 is 0. The molecule has 0 amide bonds. The summed E-state index contributed by atoms with van der Waals surface area (Å²) in [5.41, 5.74) is 5.27. The molecule has 0 radical (unpaired) electrons. The van der Waals surface area contributed by atoms with Crippen molar-refractivity contribution in [2.45, 2.75) is 43.6 Å². The topological polar surface area (TPSA) is 110 Å². The molecule has 7 heteroatoms. The first-order chi connectivity index (χ1) is 9.10. The highest BCUT2D eigenvalue weighted by atomic mass is 16.5. The predicted molar refractivity (Wildman–Crippen MR) is 66.9 cm³/mol. The number of aromatic nitrogens is 2. The lowest BCUT2D eigenvalue weighted by molar-refractivity contribution is -0.0152. The van der Waals surface area contributed by atoms with Crippen LogP contribution in [0, 0.1) is 0 Å². The van der Waals surface area contributed by atoms with Crippen molar-refractivity contribution in [3.05, 3.63) is 32.6 Å². The van der Waals surface area contributed by atoms with E-state index < -0.39 is 24.1 Å². The van der Waals surface area contributed by atoms with Gasteiger partial charge in [0.05, 0.1) is 12.2 Å². The van der Waals surface area contributed by atoms with E-state index in [9.17, 15) is 14.7 Å². The molecule has 4 N–H and O–H groups in total. The number of H-pyrrole nitrogens is 1. The molecule has 0 spiro atoms. The van der Waals surface area contributed by atoms with Crippen molar-refractivity contribution in [1.29, 1.82) is 0 Å². The van der Waals surface area contributed by atoms with E-state index in [0.29, 0.717) is 12.0 Å². The second-order valence-corrected chi connectivity index (χ2v) is 5.19. The van der Waals surface area contributed by atoms with E-state index >= 15 is 0 Å². The molecule has 2 aliphatic rings. The molecule has 1 aliphatic carbocycles. The highest BCUT2D eigenvalue weighted by Gasteiger charge is 2.35. The predicted octanol–water partition coefficient (Wildman–Crippen LogP) is -0.979. The van der Waals surface area contributed by atoms with E-state index in [4.69, 9.17) is 10.5 Å². The van der Waals surface area contributed by atoms with Gasteiger partial charge < -0.3 is 15.6 Å². The molecule has 1 aromatic rings. The van der Waals surface area contributed by atoms with Crippen LogP contribution in [0.25, 0.3) is 0 Å². The highest BCUT2D eigenvalue weighted by Crippen LogP contribution is 2.38. The van der Waals surface area contributed by atoms with E-state index in [-0.39, 0.29) is 18.0 Å². The molecule has 2 fully saturated rings. The minimum atomic E-state index is -0.682. The van der Waals surface area contributed by atoms with Gasteiger partial charge >= 0.3 is 5.69 Å². The third kappa shape index (κ3) is 2.24. The van der Waals surface area contributed by atoms with Gasteiger partial charge in [-0.3, -0.25) is 14.3 Å². The van der Waals surface area contributed by atoms with Crippen LogP contribution in [0.2, 0.25) is 0 Å². The van der Waals surface area contributed by atoms with Gasteiger partial charge in [0.25, 0.3) is 5.56 Å². The van der Waals surface area contributed by atoms with Gasteiger partial charge in [-0.25, -0.2) is 4.79 Å². The average Bonchev–Trinajstić information content (AvgIpc) is 3.13. The SMILES string of the molecule is NC[C@@H]1O[C@H](n2cc(C3CC3)c(=O)[nH]c2=O)CC1O. The number of aliphatic hydroxyl groups excluding tert-OH is 1. The summed E-state index contributed by atoms with van der Waals surface area (Å²) in [4.78, 5) is 25.8. The van der Waals surface area contributed by atoms with Crippen LogP contribution in [0.4, 0.5) is 0 Å². The molecule has 3 rings (SSSR count). The second kappa shape index (κ2) is 4.59. The quantitative estimate of drug-likeness (QED) is 0.652. The average molecular weight is 267 g/mol. The zero-order chi connectivity index (χ0) is 13.6. The van der Waals surface area contributed by atoms with E-state index in [1.54, 1.807) is 6.20 Å². The van der Waals surface area contributed by atoms with Crippen LogP contribution >= 0.6 is 0 Å². The fraction of sp³-hybridized carbons (Fsp3) is 0.667. The molecule has 1 saturated heterocycles. The van der Waals surface area contributed by atoms with Crippen molar-refractivity contribution in [3.8, 4) is 0 Å². The van der Waals surface area contributed by atoms with Crippen LogP contribution in [-0.2, 0) is 4.74 Å². The monoisotopic (exact) mass is 267 g/mol. The number of hydrogen-bond acceptors (Lipinski definition) is 5. The van der Waals surface area contributed by atoms with Crippen molar-refractivity contribution < 1.29 is 9.84 Å². The summed E-state index contributed by atoms with van der Waals surface area (Å²) < 4.78 is 6.91. The smallest absolute Gasteiger partial charge is 0.330 e. The van der Waals surface area contributed by atoms with Crippen molar-refractivity contribution in [2.75, 3.05) is 6.54 Å². The van der Waals surface area contributed by atoms with Gasteiger partial charge in [0.1, 0.15) is 6.23 Å². The number of nitrogens with one attached hydrogen (secondary N) is 1. The van der Waals surface area contributed by atoms with E-state index in [1.807, 2.05) is 0 Å². The Hall–Kier alpha value is -1.44. The molecule has 1 aliphatic heterocycles. The normalized spacial score (nSPS) is 30.7. The van der Waals surface area contributed by atoms with Gasteiger partial charge in [-0.05, 0) is 18.8 Å².